The molecule has 1 aromatic carbocycles. The molecule has 0 spiro atoms. The molecule has 0 radical (unpaired) electrons. The van der Waals surface area contributed by atoms with E-state index in [4.69, 9.17) is 13.9 Å². The molecule has 5 heteroatoms. The smallest absolute Gasteiger partial charge is 0.176 e. The first-order chi connectivity index (χ1) is 10.6. The highest BCUT2D eigenvalue weighted by Gasteiger charge is 2.32. The largest absolute Gasteiger partial charge is 0.490 e. The molecule has 1 fully saturated rings. The zero-order valence-electron chi connectivity index (χ0n) is 13.1. The lowest BCUT2D eigenvalue weighted by molar-refractivity contribution is 0.0247. The van der Waals surface area contributed by atoms with E-state index in [9.17, 15) is 5.11 Å². The average Bonchev–Trinajstić information content (AvgIpc) is 3.13. The van der Waals surface area contributed by atoms with Crippen LogP contribution in [0.2, 0.25) is 0 Å². The summed E-state index contributed by atoms with van der Waals surface area (Å²) in [4.78, 5) is 0. The van der Waals surface area contributed by atoms with Gasteiger partial charge in [0, 0.05) is 25.0 Å². The molecule has 120 valence electrons. The molecule has 0 unspecified atom stereocenters. The van der Waals surface area contributed by atoms with Crippen LogP contribution in [0.3, 0.4) is 0 Å². The molecule has 0 amide bonds. The lowest BCUT2D eigenvalue weighted by Crippen LogP contribution is -2.41. The van der Waals surface area contributed by atoms with E-state index in [1.165, 1.54) is 0 Å². The van der Waals surface area contributed by atoms with E-state index in [0.29, 0.717) is 32.8 Å². The highest BCUT2D eigenvalue weighted by atomic mass is 16.5. The minimum atomic E-state index is -0.767. The van der Waals surface area contributed by atoms with Crippen molar-refractivity contribution in [3.05, 3.63) is 30.0 Å². The topological polar surface area (TPSA) is 63.9 Å². The molecule has 2 aromatic rings. The number of hydrogen-bond donors (Lipinski definition) is 2. The number of para-hydroxylation sites is 1. The van der Waals surface area contributed by atoms with Crippen molar-refractivity contribution in [3.63, 3.8) is 0 Å². The third-order valence-corrected chi connectivity index (χ3v) is 4.07. The van der Waals surface area contributed by atoms with Crippen molar-refractivity contribution in [3.8, 4) is 5.75 Å². The fourth-order valence-corrected chi connectivity index (χ4v) is 2.72. The van der Waals surface area contributed by atoms with Crippen molar-refractivity contribution in [2.24, 2.45) is 0 Å². The standard InChI is InChI=1S/C17H23NO4/c1-3-21-14-6-4-5-13-9-15(22-16(13)14)12(2)18-10-17(19)7-8-20-11-17/h4-6,9,12,18-19H,3,7-8,10-11H2,1-2H3/t12-,17+/m0/s1. The van der Waals surface area contributed by atoms with Gasteiger partial charge in [-0.1, -0.05) is 12.1 Å². The lowest BCUT2D eigenvalue weighted by Gasteiger charge is -2.23. The van der Waals surface area contributed by atoms with Crippen LogP contribution in [0.5, 0.6) is 5.75 Å². The average molecular weight is 305 g/mol. The van der Waals surface area contributed by atoms with Gasteiger partial charge in [0.05, 0.1) is 19.3 Å². The maximum atomic E-state index is 10.3. The van der Waals surface area contributed by atoms with Gasteiger partial charge in [-0.05, 0) is 26.0 Å². The summed E-state index contributed by atoms with van der Waals surface area (Å²) in [6, 6.07) is 7.91. The Morgan fingerprint density at radius 3 is 3.05 bits per heavy atom. The van der Waals surface area contributed by atoms with E-state index in [1.807, 2.05) is 38.1 Å². The van der Waals surface area contributed by atoms with Gasteiger partial charge in [-0.2, -0.15) is 0 Å². The Balaban J connectivity index is 1.73. The molecule has 2 N–H and O–H groups in total. The number of fused-ring (bicyclic) bond motifs is 1. The molecule has 1 saturated heterocycles. The van der Waals surface area contributed by atoms with Crippen LogP contribution in [-0.2, 0) is 4.74 Å². The van der Waals surface area contributed by atoms with Crippen LogP contribution in [0.15, 0.2) is 28.7 Å². The van der Waals surface area contributed by atoms with Crippen LogP contribution < -0.4 is 10.1 Å². The minimum Gasteiger partial charge on any atom is -0.490 e. The second kappa shape index (κ2) is 6.28. The van der Waals surface area contributed by atoms with Gasteiger partial charge in [0.15, 0.2) is 11.3 Å². The number of nitrogens with one attached hydrogen (secondary N) is 1. The number of aliphatic hydroxyl groups is 1. The number of furan rings is 1. The Morgan fingerprint density at radius 1 is 1.45 bits per heavy atom. The van der Waals surface area contributed by atoms with Crippen molar-refractivity contribution < 1.29 is 19.0 Å². The molecular formula is C17H23NO4. The molecule has 5 nitrogen and oxygen atoms in total. The van der Waals surface area contributed by atoms with Gasteiger partial charge >= 0.3 is 0 Å². The fraction of sp³-hybridized carbons (Fsp3) is 0.529. The van der Waals surface area contributed by atoms with Gasteiger partial charge in [0.1, 0.15) is 11.4 Å². The Labute approximate surface area is 130 Å². The summed E-state index contributed by atoms with van der Waals surface area (Å²) in [7, 11) is 0. The Hall–Kier alpha value is -1.56. The maximum absolute atomic E-state index is 10.3. The first-order valence-electron chi connectivity index (χ1n) is 7.80. The second-order valence-corrected chi connectivity index (χ2v) is 5.89. The van der Waals surface area contributed by atoms with E-state index < -0.39 is 5.60 Å². The molecule has 1 aliphatic heterocycles. The third-order valence-electron chi connectivity index (χ3n) is 4.07. The predicted octanol–water partition coefficient (Wildman–Crippen LogP) is 2.63. The summed E-state index contributed by atoms with van der Waals surface area (Å²) in [5.41, 5.74) is 0.00689. The van der Waals surface area contributed by atoms with E-state index in [0.717, 1.165) is 22.5 Å². The van der Waals surface area contributed by atoms with Crippen LogP contribution in [0.4, 0.5) is 0 Å². The highest BCUT2D eigenvalue weighted by Crippen LogP contribution is 2.31. The summed E-state index contributed by atoms with van der Waals surface area (Å²) in [6.07, 6.45) is 0.668. The van der Waals surface area contributed by atoms with Gasteiger partial charge < -0.3 is 24.3 Å². The molecule has 1 aromatic heterocycles. The summed E-state index contributed by atoms with van der Waals surface area (Å²) in [5.74, 6) is 1.60. The molecule has 3 rings (SSSR count). The van der Waals surface area contributed by atoms with Crippen molar-refractivity contribution in [1.82, 2.24) is 5.32 Å². The number of hydrogen-bond acceptors (Lipinski definition) is 5. The monoisotopic (exact) mass is 305 g/mol. The number of benzene rings is 1. The van der Waals surface area contributed by atoms with Crippen molar-refractivity contribution in [2.45, 2.75) is 31.9 Å². The van der Waals surface area contributed by atoms with E-state index in [-0.39, 0.29) is 6.04 Å². The van der Waals surface area contributed by atoms with Gasteiger partial charge in [0.25, 0.3) is 0 Å². The molecule has 1 aliphatic rings. The summed E-state index contributed by atoms with van der Waals surface area (Å²) < 4.78 is 16.8. The number of ether oxygens (including phenoxy) is 2. The van der Waals surface area contributed by atoms with E-state index >= 15 is 0 Å². The molecule has 0 bridgehead atoms. The first kappa shape index (κ1) is 15.3. The molecule has 0 aliphatic carbocycles. The van der Waals surface area contributed by atoms with Crippen molar-refractivity contribution in [1.29, 1.82) is 0 Å². The third kappa shape index (κ3) is 3.11. The van der Waals surface area contributed by atoms with E-state index in [2.05, 4.69) is 5.32 Å². The van der Waals surface area contributed by atoms with Crippen LogP contribution in [0.25, 0.3) is 11.0 Å². The lowest BCUT2D eigenvalue weighted by atomic mass is 10.0. The Kier molecular flexibility index (Phi) is 4.38. The van der Waals surface area contributed by atoms with Gasteiger partial charge in [-0.3, -0.25) is 0 Å². The van der Waals surface area contributed by atoms with Crippen molar-refractivity contribution >= 4 is 11.0 Å². The quantitative estimate of drug-likeness (QED) is 0.859. The number of rotatable bonds is 6. The SMILES string of the molecule is CCOc1cccc2cc([C@H](C)NC[C@]3(O)CCOC3)oc12. The normalized spacial score (nSPS) is 23.0. The fourth-order valence-electron chi connectivity index (χ4n) is 2.72. The van der Waals surface area contributed by atoms with Crippen molar-refractivity contribution in [2.75, 3.05) is 26.4 Å². The minimum absolute atomic E-state index is 0.00602. The molecule has 2 heterocycles. The summed E-state index contributed by atoms with van der Waals surface area (Å²) in [6.45, 7) is 6.09. The van der Waals surface area contributed by atoms with Crippen LogP contribution in [-0.4, -0.2) is 37.1 Å². The van der Waals surface area contributed by atoms with Crippen LogP contribution in [0.1, 0.15) is 32.1 Å². The highest BCUT2D eigenvalue weighted by molar-refractivity contribution is 5.83. The summed E-state index contributed by atoms with van der Waals surface area (Å²) in [5, 5.41) is 14.7. The van der Waals surface area contributed by atoms with Gasteiger partial charge in [-0.25, -0.2) is 0 Å². The maximum Gasteiger partial charge on any atom is 0.176 e. The molecule has 2 atom stereocenters. The summed E-state index contributed by atoms with van der Waals surface area (Å²) >= 11 is 0. The zero-order valence-corrected chi connectivity index (χ0v) is 13.1. The molecule has 22 heavy (non-hydrogen) atoms. The Bertz CT molecular complexity index is 631. The Morgan fingerprint density at radius 2 is 2.32 bits per heavy atom. The van der Waals surface area contributed by atoms with Gasteiger partial charge in [0.2, 0.25) is 0 Å². The van der Waals surface area contributed by atoms with E-state index in [1.54, 1.807) is 0 Å². The first-order valence-corrected chi connectivity index (χ1v) is 7.80. The van der Waals surface area contributed by atoms with Gasteiger partial charge in [-0.15, -0.1) is 0 Å². The van der Waals surface area contributed by atoms with Crippen LogP contribution >= 0.6 is 0 Å². The second-order valence-electron chi connectivity index (χ2n) is 5.89. The van der Waals surface area contributed by atoms with Crippen LogP contribution in [0, 0.1) is 0 Å². The molecular weight excluding hydrogens is 282 g/mol. The zero-order chi connectivity index (χ0) is 15.6. The molecule has 0 saturated carbocycles. The predicted molar refractivity (Wildman–Crippen MR) is 84.2 cm³/mol.